The van der Waals surface area contributed by atoms with Crippen molar-refractivity contribution in [1.29, 1.82) is 0 Å². The Hall–Kier alpha value is -1.96. The van der Waals surface area contributed by atoms with Gasteiger partial charge in [0.05, 0.1) is 6.61 Å². The minimum atomic E-state index is -2.55. The van der Waals surface area contributed by atoms with Crippen molar-refractivity contribution >= 4 is 11.9 Å². The van der Waals surface area contributed by atoms with Crippen molar-refractivity contribution in [1.82, 2.24) is 5.32 Å². The van der Waals surface area contributed by atoms with E-state index in [1.54, 1.807) is 0 Å². The van der Waals surface area contributed by atoms with Crippen LogP contribution >= 0.6 is 0 Å². The highest BCUT2D eigenvalue weighted by molar-refractivity contribution is 5.93. The smallest absolute Gasteiger partial charge is 0.371 e. The predicted molar refractivity (Wildman–Crippen MR) is 54.8 cm³/mol. The first kappa shape index (κ1) is 14.1. The zero-order chi connectivity index (χ0) is 13.5. The molecule has 0 aliphatic heterocycles. The van der Waals surface area contributed by atoms with E-state index in [1.807, 2.05) is 0 Å². The summed E-state index contributed by atoms with van der Waals surface area (Å²) < 4.78 is 32.6. The number of carbonyl (C=O) groups is 2. The highest BCUT2D eigenvalue weighted by Gasteiger charge is 2.14. The Morgan fingerprint density at radius 3 is 2.61 bits per heavy atom. The molecule has 1 amide bonds. The second kappa shape index (κ2) is 6.70. The van der Waals surface area contributed by atoms with Gasteiger partial charge in [-0.15, -0.1) is 0 Å². The zero-order valence-electron chi connectivity index (χ0n) is 9.19. The van der Waals surface area contributed by atoms with Crippen LogP contribution in [0.2, 0.25) is 0 Å². The number of rotatable bonds is 7. The molecule has 1 aromatic heterocycles. The number of nitrogens with one attached hydrogen (secondary N) is 1. The average Bonchev–Trinajstić information content (AvgIpc) is 2.77. The van der Waals surface area contributed by atoms with Crippen molar-refractivity contribution < 1.29 is 32.6 Å². The Labute approximate surface area is 101 Å². The first-order chi connectivity index (χ1) is 8.50. The van der Waals surface area contributed by atoms with Gasteiger partial charge < -0.3 is 19.6 Å². The van der Waals surface area contributed by atoms with E-state index >= 15 is 0 Å². The van der Waals surface area contributed by atoms with Crippen molar-refractivity contribution in [3.05, 3.63) is 23.7 Å². The lowest BCUT2D eigenvalue weighted by Crippen LogP contribution is -2.27. The minimum Gasteiger partial charge on any atom is -0.475 e. The van der Waals surface area contributed by atoms with E-state index in [4.69, 9.17) is 9.52 Å². The normalized spacial score (nSPS) is 10.6. The van der Waals surface area contributed by atoms with Gasteiger partial charge in [-0.2, -0.15) is 0 Å². The summed E-state index contributed by atoms with van der Waals surface area (Å²) in [5.41, 5.74) is 0. The highest BCUT2D eigenvalue weighted by atomic mass is 19.3. The van der Waals surface area contributed by atoms with Gasteiger partial charge in [-0.1, -0.05) is 0 Å². The largest absolute Gasteiger partial charge is 0.475 e. The maximum atomic E-state index is 11.7. The number of hydrogen-bond donors (Lipinski definition) is 2. The lowest BCUT2D eigenvalue weighted by Gasteiger charge is -2.04. The van der Waals surface area contributed by atoms with E-state index in [9.17, 15) is 18.4 Å². The highest BCUT2D eigenvalue weighted by Crippen LogP contribution is 2.07. The summed E-state index contributed by atoms with van der Waals surface area (Å²) in [5, 5.41) is 10.9. The molecule has 0 radical (unpaired) electrons. The molecular formula is C10H11F2NO5. The Morgan fingerprint density at radius 2 is 2.06 bits per heavy atom. The number of furan rings is 1. The molecular weight excluding hydrogens is 252 g/mol. The number of aromatic carboxylic acids is 1. The van der Waals surface area contributed by atoms with E-state index in [1.165, 1.54) is 6.07 Å². The Balaban J connectivity index is 2.30. The molecule has 0 aliphatic rings. The van der Waals surface area contributed by atoms with E-state index in [0.29, 0.717) is 0 Å². The van der Waals surface area contributed by atoms with Crippen LogP contribution in [0.4, 0.5) is 8.78 Å². The zero-order valence-corrected chi connectivity index (χ0v) is 9.19. The van der Waals surface area contributed by atoms with Crippen LogP contribution in [0.3, 0.4) is 0 Å². The van der Waals surface area contributed by atoms with Gasteiger partial charge >= 0.3 is 5.97 Å². The van der Waals surface area contributed by atoms with E-state index in [2.05, 4.69) is 10.1 Å². The minimum absolute atomic E-state index is 0.0225. The average molecular weight is 263 g/mol. The van der Waals surface area contributed by atoms with Gasteiger partial charge in [-0.05, 0) is 12.1 Å². The number of amides is 1. The topological polar surface area (TPSA) is 88.8 Å². The van der Waals surface area contributed by atoms with E-state index in [-0.39, 0.29) is 24.7 Å². The first-order valence-electron chi connectivity index (χ1n) is 4.98. The molecule has 0 saturated heterocycles. The van der Waals surface area contributed by atoms with Crippen LogP contribution in [0.25, 0.3) is 0 Å². The number of carbonyl (C=O) groups excluding carboxylic acids is 1. The molecule has 0 unspecified atom stereocenters. The fourth-order valence-electron chi connectivity index (χ4n) is 1.07. The summed E-state index contributed by atoms with van der Waals surface area (Å²) in [6.07, 6.45) is -2.55. The Morgan fingerprint density at radius 1 is 1.39 bits per heavy atom. The maximum Gasteiger partial charge on any atom is 0.371 e. The van der Waals surface area contributed by atoms with Crippen LogP contribution in [-0.4, -0.2) is 43.2 Å². The molecule has 1 rings (SSSR count). The number of alkyl halides is 2. The van der Waals surface area contributed by atoms with Crippen molar-refractivity contribution in [2.24, 2.45) is 0 Å². The van der Waals surface area contributed by atoms with Crippen LogP contribution < -0.4 is 5.32 Å². The third-order valence-electron chi connectivity index (χ3n) is 1.82. The fraction of sp³-hybridized carbons (Fsp3) is 0.400. The van der Waals surface area contributed by atoms with Crippen LogP contribution in [0.15, 0.2) is 16.5 Å². The Bertz CT molecular complexity index is 418. The maximum absolute atomic E-state index is 11.7. The van der Waals surface area contributed by atoms with Gasteiger partial charge in [-0.25, -0.2) is 13.6 Å². The lowest BCUT2D eigenvalue weighted by atomic mass is 10.4. The third-order valence-corrected chi connectivity index (χ3v) is 1.82. The van der Waals surface area contributed by atoms with Gasteiger partial charge in [0.2, 0.25) is 5.76 Å². The molecule has 8 heteroatoms. The fourth-order valence-corrected chi connectivity index (χ4v) is 1.07. The van der Waals surface area contributed by atoms with Gasteiger partial charge in [0.1, 0.15) is 6.61 Å². The molecule has 0 atom stereocenters. The van der Waals surface area contributed by atoms with Gasteiger partial charge in [0.15, 0.2) is 5.76 Å². The Kier molecular flexibility index (Phi) is 5.25. The van der Waals surface area contributed by atoms with Crippen molar-refractivity contribution in [3.63, 3.8) is 0 Å². The molecule has 0 aromatic carbocycles. The van der Waals surface area contributed by atoms with E-state index < -0.39 is 24.9 Å². The lowest BCUT2D eigenvalue weighted by molar-refractivity contribution is 0.0187. The molecule has 0 saturated carbocycles. The number of carboxylic acid groups (broad SMARTS) is 1. The van der Waals surface area contributed by atoms with Crippen molar-refractivity contribution in [2.75, 3.05) is 19.8 Å². The quantitative estimate of drug-likeness (QED) is 0.716. The number of hydrogen-bond acceptors (Lipinski definition) is 4. The summed E-state index contributed by atoms with van der Waals surface area (Å²) in [4.78, 5) is 21.9. The molecule has 0 bridgehead atoms. The molecule has 1 aromatic rings. The monoisotopic (exact) mass is 263 g/mol. The van der Waals surface area contributed by atoms with E-state index in [0.717, 1.165) is 6.07 Å². The molecule has 18 heavy (non-hydrogen) atoms. The van der Waals surface area contributed by atoms with Crippen molar-refractivity contribution in [3.8, 4) is 0 Å². The molecule has 0 fully saturated rings. The summed E-state index contributed by atoms with van der Waals surface area (Å²) in [6.45, 7) is -0.739. The standard InChI is InChI=1S/C10H11F2NO5/c11-8(12)5-17-4-3-13-9(14)6-1-2-7(18-6)10(15)16/h1-2,8H,3-5H2,(H,13,14)(H,15,16). The van der Waals surface area contributed by atoms with Gasteiger partial charge in [-0.3, -0.25) is 4.79 Å². The molecule has 6 nitrogen and oxygen atoms in total. The summed E-state index contributed by atoms with van der Waals surface area (Å²) in [7, 11) is 0. The molecule has 0 spiro atoms. The number of halogens is 2. The van der Waals surface area contributed by atoms with Crippen molar-refractivity contribution in [2.45, 2.75) is 6.43 Å². The second-order valence-corrected chi connectivity index (χ2v) is 3.19. The van der Waals surface area contributed by atoms with Crippen LogP contribution in [0.1, 0.15) is 21.1 Å². The third kappa shape index (κ3) is 4.50. The molecule has 2 N–H and O–H groups in total. The first-order valence-corrected chi connectivity index (χ1v) is 4.98. The molecule has 0 aliphatic carbocycles. The van der Waals surface area contributed by atoms with Crippen LogP contribution in [0, 0.1) is 0 Å². The summed E-state index contributed by atoms with van der Waals surface area (Å²) in [6, 6.07) is 2.35. The number of ether oxygens (including phenoxy) is 1. The van der Waals surface area contributed by atoms with Crippen LogP contribution in [-0.2, 0) is 4.74 Å². The number of carboxylic acids is 1. The molecule has 100 valence electrons. The summed E-state index contributed by atoms with van der Waals surface area (Å²) >= 11 is 0. The SMILES string of the molecule is O=C(O)c1ccc(C(=O)NCCOCC(F)F)o1. The molecule has 1 heterocycles. The van der Waals surface area contributed by atoms with Gasteiger partial charge in [0.25, 0.3) is 12.3 Å². The second-order valence-electron chi connectivity index (χ2n) is 3.19. The van der Waals surface area contributed by atoms with Gasteiger partial charge in [0, 0.05) is 6.54 Å². The summed E-state index contributed by atoms with van der Waals surface area (Å²) in [5.74, 6) is -2.44. The van der Waals surface area contributed by atoms with Crippen LogP contribution in [0.5, 0.6) is 0 Å². The predicted octanol–water partition coefficient (Wildman–Crippen LogP) is 0.989.